The van der Waals surface area contributed by atoms with Crippen molar-refractivity contribution in [3.63, 3.8) is 0 Å². The first-order valence-electron chi connectivity index (χ1n) is 9.48. The van der Waals surface area contributed by atoms with E-state index in [0.29, 0.717) is 18.1 Å². The molecule has 0 aromatic rings. The molecule has 1 fully saturated rings. The van der Waals surface area contributed by atoms with Crippen LogP contribution in [-0.4, -0.2) is 12.2 Å². The Balaban J connectivity index is 0.000000540. The fourth-order valence-corrected chi connectivity index (χ4v) is 2.67. The van der Waals surface area contributed by atoms with Gasteiger partial charge in [-0.3, -0.25) is 0 Å². The summed E-state index contributed by atoms with van der Waals surface area (Å²) in [6.45, 7) is 14.8. The van der Waals surface area contributed by atoms with E-state index in [1.165, 1.54) is 0 Å². The van der Waals surface area contributed by atoms with Crippen LogP contribution in [0.3, 0.4) is 0 Å². The predicted molar refractivity (Wildman–Crippen MR) is 118 cm³/mol. The molecule has 1 heteroatoms. The molecular weight excluding hydrogens is 340 g/mol. The molecule has 0 aliphatic carbocycles. The van der Waals surface area contributed by atoms with Crippen molar-refractivity contribution >= 4 is 0 Å². The average molecular weight is 369 g/mol. The molecule has 142 valence electrons. The topological polar surface area (TPSA) is 9.23 Å². The summed E-state index contributed by atoms with van der Waals surface area (Å²) in [6, 6.07) is 0. The van der Waals surface area contributed by atoms with E-state index in [1.54, 1.807) is 13.8 Å². The largest absolute Gasteiger partial charge is 0.375 e. The van der Waals surface area contributed by atoms with Gasteiger partial charge in [-0.25, -0.2) is 0 Å². The van der Waals surface area contributed by atoms with Crippen LogP contribution >= 0.6 is 0 Å². The van der Waals surface area contributed by atoms with Crippen LogP contribution in [0.1, 0.15) is 54.9 Å². The molecule has 1 aliphatic heterocycles. The Kier molecular flexibility index (Phi) is 14.3. The minimum atomic E-state index is 0.446. The van der Waals surface area contributed by atoms with Gasteiger partial charge in [0.15, 0.2) is 0 Å². The van der Waals surface area contributed by atoms with Gasteiger partial charge >= 0.3 is 0 Å². The quantitative estimate of drug-likeness (QED) is 0.632. The first kappa shape index (κ1) is 24.9. The van der Waals surface area contributed by atoms with E-state index in [0.717, 1.165) is 18.3 Å². The summed E-state index contributed by atoms with van der Waals surface area (Å²) in [5.41, 5.74) is 0. The molecule has 1 nitrogen and oxygen atoms in total. The molecule has 0 aromatic heterocycles. The van der Waals surface area contributed by atoms with Crippen LogP contribution in [0.25, 0.3) is 0 Å². The number of ether oxygens (including phenoxy) is 1. The molecule has 0 N–H and O–H groups in total. The second-order valence-electron chi connectivity index (χ2n) is 6.37. The van der Waals surface area contributed by atoms with E-state index in [1.807, 2.05) is 0 Å². The van der Waals surface area contributed by atoms with Gasteiger partial charge in [-0.1, -0.05) is 39.5 Å². The van der Waals surface area contributed by atoms with Crippen molar-refractivity contribution in [2.75, 3.05) is 0 Å². The lowest BCUT2D eigenvalue weighted by atomic mass is 9.76. The van der Waals surface area contributed by atoms with Crippen LogP contribution in [-0.2, 0) is 4.74 Å². The number of hydrogen-bond acceptors (Lipinski definition) is 1. The molecule has 0 radical (unpaired) electrons. The molecule has 0 spiro atoms. The first-order chi connectivity index (χ1) is 13.5. The fourth-order valence-electron chi connectivity index (χ4n) is 2.67. The SMILES string of the molecule is CC#CC#CC#CC#CC#CC#CC#CC.CCC1OC(C)C(C)C(C)C1C. The van der Waals surface area contributed by atoms with Gasteiger partial charge in [-0.05, 0) is 116 Å². The summed E-state index contributed by atoms with van der Waals surface area (Å²) >= 11 is 0. The zero-order valence-corrected chi connectivity index (χ0v) is 18.0. The minimum absolute atomic E-state index is 0.446. The van der Waals surface area contributed by atoms with E-state index >= 15 is 0 Å². The van der Waals surface area contributed by atoms with Crippen LogP contribution in [0.4, 0.5) is 0 Å². The van der Waals surface area contributed by atoms with Crippen molar-refractivity contribution in [2.45, 2.75) is 67.1 Å². The van der Waals surface area contributed by atoms with Crippen LogP contribution in [0.15, 0.2) is 0 Å². The highest BCUT2D eigenvalue weighted by Crippen LogP contribution is 2.35. The molecule has 0 saturated carbocycles. The van der Waals surface area contributed by atoms with E-state index in [4.69, 9.17) is 4.74 Å². The van der Waals surface area contributed by atoms with E-state index in [9.17, 15) is 0 Å². The maximum Gasteiger partial charge on any atom is 0.0604 e. The Labute approximate surface area is 172 Å². The zero-order valence-electron chi connectivity index (χ0n) is 18.0. The summed E-state index contributed by atoms with van der Waals surface area (Å²) in [5, 5.41) is 0. The average Bonchev–Trinajstić information content (AvgIpc) is 2.70. The second kappa shape index (κ2) is 16.1. The van der Waals surface area contributed by atoms with Gasteiger partial charge in [-0.2, -0.15) is 0 Å². The van der Waals surface area contributed by atoms with Crippen LogP contribution in [0.5, 0.6) is 0 Å². The van der Waals surface area contributed by atoms with Crippen LogP contribution in [0, 0.1) is 101 Å². The normalized spacial score (nSPS) is 23.3. The molecule has 0 aromatic carbocycles. The third kappa shape index (κ3) is 10.8. The lowest BCUT2D eigenvalue weighted by Crippen LogP contribution is -2.42. The molecule has 1 heterocycles. The molecular formula is C27H28O. The second-order valence-corrected chi connectivity index (χ2v) is 6.37. The lowest BCUT2D eigenvalue weighted by Gasteiger charge is -2.42. The number of rotatable bonds is 1. The predicted octanol–water partition coefficient (Wildman–Crippen LogP) is 4.14. The van der Waals surface area contributed by atoms with E-state index in [2.05, 4.69) is 118 Å². The van der Waals surface area contributed by atoms with Gasteiger partial charge in [0.05, 0.1) is 12.2 Å². The highest BCUT2D eigenvalue weighted by atomic mass is 16.5. The molecule has 0 bridgehead atoms. The Hall–Kier alpha value is -3.12. The Morgan fingerprint density at radius 1 is 0.536 bits per heavy atom. The fraction of sp³-hybridized carbons (Fsp3) is 0.481. The van der Waals surface area contributed by atoms with Crippen molar-refractivity contribution in [1.29, 1.82) is 0 Å². The summed E-state index contributed by atoms with van der Waals surface area (Å²) < 4.78 is 5.93. The summed E-state index contributed by atoms with van der Waals surface area (Å²) in [5.74, 6) is 37.8. The summed E-state index contributed by atoms with van der Waals surface area (Å²) in [7, 11) is 0. The van der Waals surface area contributed by atoms with Crippen molar-refractivity contribution in [3.05, 3.63) is 0 Å². The van der Waals surface area contributed by atoms with Crippen molar-refractivity contribution in [1.82, 2.24) is 0 Å². The Bertz CT molecular complexity index is 853. The highest BCUT2D eigenvalue weighted by molar-refractivity contribution is 5.45. The van der Waals surface area contributed by atoms with Gasteiger partial charge < -0.3 is 4.74 Å². The Morgan fingerprint density at radius 2 is 0.893 bits per heavy atom. The van der Waals surface area contributed by atoms with Crippen molar-refractivity contribution in [3.8, 4) is 82.9 Å². The standard InChI is InChI=1S/C16H6.C11H22O/c1-3-5-7-9-11-13-15-16-14-12-10-8-6-4-2;1-6-11-9(4)7(2)8(3)10(5)12-11/h1-2H3;7-11H,6H2,1-5H3. The number of hydrogen-bond donors (Lipinski definition) is 0. The highest BCUT2D eigenvalue weighted by Gasteiger charge is 2.35. The van der Waals surface area contributed by atoms with Gasteiger partial charge in [0.25, 0.3) is 0 Å². The summed E-state index contributed by atoms with van der Waals surface area (Å²) in [4.78, 5) is 0. The van der Waals surface area contributed by atoms with Crippen LogP contribution < -0.4 is 0 Å². The third-order valence-electron chi connectivity index (χ3n) is 4.71. The third-order valence-corrected chi connectivity index (χ3v) is 4.71. The molecule has 0 amide bonds. The maximum atomic E-state index is 5.93. The van der Waals surface area contributed by atoms with Crippen molar-refractivity contribution in [2.24, 2.45) is 17.8 Å². The minimum Gasteiger partial charge on any atom is -0.375 e. The van der Waals surface area contributed by atoms with Crippen molar-refractivity contribution < 1.29 is 4.74 Å². The summed E-state index contributed by atoms with van der Waals surface area (Å²) in [6.07, 6.45) is 2.09. The van der Waals surface area contributed by atoms with E-state index < -0.39 is 0 Å². The molecule has 1 saturated heterocycles. The molecule has 5 atom stereocenters. The zero-order chi connectivity index (χ0) is 21.2. The maximum absolute atomic E-state index is 5.93. The van der Waals surface area contributed by atoms with E-state index in [-0.39, 0.29) is 0 Å². The van der Waals surface area contributed by atoms with Gasteiger partial charge in [0.2, 0.25) is 0 Å². The smallest absolute Gasteiger partial charge is 0.0604 e. The lowest BCUT2D eigenvalue weighted by molar-refractivity contribution is -0.125. The molecule has 1 rings (SSSR count). The molecule has 5 unspecified atom stereocenters. The van der Waals surface area contributed by atoms with Gasteiger partial charge in [-0.15, -0.1) is 0 Å². The Morgan fingerprint density at radius 3 is 1.21 bits per heavy atom. The van der Waals surface area contributed by atoms with Crippen LogP contribution in [0.2, 0.25) is 0 Å². The van der Waals surface area contributed by atoms with Gasteiger partial charge in [0, 0.05) is 0 Å². The van der Waals surface area contributed by atoms with Gasteiger partial charge in [0.1, 0.15) is 0 Å². The monoisotopic (exact) mass is 368 g/mol. The molecule has 1 aliphatic rings. The molecule has 28 heavy (non-hydrogen) atoms. The first-order valence-corrected chi connectivity index (χ1v) is 9.48.